The van der Waals surface area contributed by atoms with Crippen molar-refractivity contribution in [1.82, 2.24) is 15.2 Å². The van der Waals surface area contributed by atoms with Gasteiger partial charge in [0, 0.05) is 18.0 Å². The molecule has 4 heteroatoms. The summed E-state index contributed by atoms with van der Waals surface area (Å²) >= 11 is 0. The van der Waals surface area contributed by atoms with E-state index in [0.29, 0.717) is 0 Å². The normalized spacial score (nSPS) is 10.6. The molecule has 19 heavy (non-hydrogen) atoms. The molecule has 4 nitrogen and oxygen atoms in total. The Kier molecular flexibility index (Phi) is 3.08. The van der Waals surface area contributed by atoms with E-state index in [1.54, 1.807) is 12.4 Å². The molecule has 0 aliphatic rings. The molecule has 3 aromatic rings. The van der Waals surface area contributed by atoms with Gasteiger partial charge in [0.05, 0.1) is 18.0 Å². The van der Waals surface area contributed by atoms with Gasteiger partial charge in [-0.3, -0.25) is 10.1 Å². The number of nitrogens with one attached hydrogen (secondary N) is 1. The zero-order valence-electron chi connectivity index (χ0n) is 10.2. The second-order valence-corrected chi connectivity index (χ2v) is 4.26. The van der Waals surface area contributed by atoms with Gasteiger partial charge in [-0.05, 0) is 29.3 Å². The minimum atomic E-state index is 0.0597. The van der Waals surface area contributed by atoms with Crippen molar-refractivity contribution in [3.63, 3.8) is 0 Å². The van der Waals surface area contributed by atoms with Gasteiger partial charge in [-0.1, -0.05) is 24.3 Å². The first kappa shape index (κ1) is 11.6. The van der Waals surface area contributed by atoms with Gasteiger partial charge >= 0.3 is 0 Å². The highest BCUT2D eigenvalue weighted by Gasteiger charge is 2.05. The first-order chi connectivity index (χ1) is 9.36. The zero-order chi connectivity index (χ0) is 13.1. The Hall–Kier alpha value is -2.46. The van der Waals surface area contributed by atoms with Gasteiger partial charge in [-0.25, -0.2) is 0 Å². The topological polar surface area (TPSA) is 61.8 Å². The number of aliphatic hydroxyl groups excluding tert-OH is 1. The van der Waals surface area contributed by atoms with Gasteiger partial charge in [-0.2, -0.15) is 5.10 Å². The lowest BCUT2D eigenvalue weighted by atomic mass is 10.1. The van der Waals surface area contributed by atoms with Crippen LogP contribution in [-0.4, -0.2) is 20.3 Å². The molecule has 0 aliphatic heterocycles. The number of rotatable bonds is 3. The van der Waals surface area contributed by atoms with Crippen LogP contribution in [0.25, 0.3) is 22.5 Å². The third-order valence-corrected chi connectivity index (χ3v) is 2.98. The van der Waals surface area contributed by atoms with E-state index in [9.17, 15) is 0 Å². The van der Waals surface area contributed by atoms with Crippen LogP contribution in [0.15, 0.2) is 54.9 Å². The summed E-state index contributed by atoms with van der Waals surface area (Å²) < 4.78 is 0. The Balaban J connectivity index is 1.92. The lowest BCUT2D eigenvalue weighted by Crippen LogP contribution is -1.83. The fourth-order valence-corrected chi connectivity index (χ4v) is 1.92. The molecular formula is C15H13N3O. The number of hydrogen-bond donors (Lipinski definition) is 2. The fourth-order valence-electron chi connectivity index (χ4n) is 1.92. The Morgan fingerprint density at radius 2 is 1.89 bits per heavy atom. The predicted octanol–water partition coefficient (Wildman–Crippen LogP) is 2.63. The Labute approximate surface area is 110 Å². The Morgan fingerprint density at radius 1 is 1.05 bits per heavy atom. The molecule has 0 fully saturated rings. The smallest absolute Gasteiger partial charge is 0.0942 e. The minimum absolute atomic E-state index is 0.0597. The number of pyridine rings is 1. The number of H-pyrrole nitrogens is 1. The largest absolute Gasteiger partial charge is 0.392 e. The average Bonchev–Trinajstić information content (AvgIpc) is 2.98. The Morgan fingerprint density at radius 3 is 2.58 bits per heavy atom. The van der Waals surface area contributed by atoms with E-state index in [4.69, 9.17) is 5.11 Å². The number of nitrogens with zero attached hydrogens (tertiary/aromatic N) is 2. The van der Waals surface area contributed by atoms with Crippen molar-refractivity contribution in [2.24, 2.45) is 0 Å². The molecule has 0 bridgehead atoms. The van der Waals surface area contributed by atoms with Crippen LogP contribution in [0.4, 0.5) is 0 Å². The first-order valence-electron chi connectivity index (χ1n) is 6.03. The molecule has 1 aromatic carbocycles. The van der Waals surface area contributed by atoms with Crippen LogP contribution in [0, 0.1) is 0 Å². The van der Waals surface area contributed by atoms with Gasteiger partial charge in [0.1, 0.15) is 0 Å². The van der Waals surface area contributed by atoms with E-state index in [2.05, 4.69) is 15.2 Å². The van der Waals surface area contributed by atoms with Crippen LogP contribution in [0.1, 0.15) is 5.56 Å². The van der Waals surface area contributed by atoms with Gasteiger partial charge in [0.25, 0.3) is 0 Å². The summed E-state index contributed by atoms with van der Waals surface area (Å²) in [4.78, 5) is 4.08. The second kappa shape index (κ2) is 5.04. The maximum Gasteiger partial charge on any atom is 0.0942 e. The summed E-state index contributed by atoms with van der Waals surface area (Å²) in [7, 11) is 0. The van der Waals surface area contributed by atoms with Crippen molar-refractivity contribution in [3.05, 3.63) is 60.4 Å². The molecule has 0 unspecified atom stereocenters. The summed E-state index contributed by atoms with van der Waals surface area (Å²) in [6.07, 6.45) is 3.53. The van der Waals surface area contributed by atoms with E-state index in [-0.39, 0.29) is 6.61 Å². The maximum absolute atomic E-state index is 9.02. The first-order valence-corrected chi connectivity index (χ1v) is 6.03. The van der Waals surface area contributed by atoms with Crippen molar-refractivity contribution in [2.75, 3.05) is 0 Å². The highest BCUT2D eigenvalue weighted by atomic mass is 16.3. The third kappa shape index (κ3) is 2.39. The highest BCUT2D eigenvalue weighted by molar-refractivity contribution is 5.67. The van der Waals surface area contributed by atoms with Crippen LogP contribution in [-0.2, 0) is 6.61 Å². The molecule has 2 N–H and O–H groups in total. The molecule has 0 saturated heterocycles. The molecule has 0 saturated carbocycles. The summed E-state index contributed by atoms with van der Waals surface area (Å²) in [5.41, 5.74) is 4.74. The molecule has 0 atom stereocenters. The van der Waals surface area contributed by atoms with E-state index < -0.39 is 0 Å². The van der Waals surface area contributed by atoms with E-state index in [1.807, 2.05) is 42.5 Å². The van der Waals surface area contributed by atoms with Crippen LogP contribution in [0.5, 0.6) is 0 Å². The van der Waals surface area contributed by atoms with Crippen molar-refractivity contribution in [3.8, 4) is 22.5 Å². The molecule has 0 aliphatic carbocycles. The van der Waals surface area contributed by atoms with Crippen molar-refractivity contribution >= 4 is 0 Å². The average molecular weight is 251 g/mol. The van der Waals surface area contributed by atoms with Crippen LogP contribution >= 0.6 is 0 Å². The molecule has 0 spiro atoms. The molecule has 94 valence electrons. The summed E-state index contributed by atoms with van der Waals surface area (Å²) in [6, 6.07) is 13.6. The second-order valence-electron chi connectivity index (χ2n) is 4.26. The van der Waals surface area contributed by atoms with E-state index >= 15 is 0 Å². The fraction of sp³-hybridized carbons (Fsp3) is 0.0667. The van der Waals surface area contributed by atoms with Gasteiger partial charge in [0.2, 0.25) is 0 Å². The predicted molar refractivity (Wildman–Crippen MR) is 73.2 cm³/mol. The Bertz CT molecular complexity index is 659. The molecular weight excluding hydrogens is 238 g/mol. The quantitative estimate of drug-likeness (QED) is 0.752. The number of aliphatic hydroxyl groups is 1. The number of benzene rings is 1. The van der Waals surface area contributed by atoms with Crippen LogP contribution in [0.2, 0.25) is 0 Å². The van der Waals surface area contributed by atoms with Crippen LogP contribution in [0.3, 0.4) is 0 Å². The molecule has 2 heterocycles. The summed E-state index contributed by atoms with van der Waals surface area (Å²) in [6.45, 7) is 0.0597. The number of aromatic amines is 1. The van der Waals surface area contributed by atoms with Gasteiger partial charge in [-0.15, -0.1) is 0 Å². The molecule has 3 rings (SSSR count). The third-order valence-electron chi connectivity index (χ3n) is 2.98. The lowest BCUT2D eigenvalue weighted by molar-refractivity contribution is 0.282. The molecule has 2 aromatic heterocycles. The van der Waals surface area contributed by atoms with Crippen molar-refractivity contribution in [2.45, 2.75) is 6.61 Å². The zero-order valence-corrected chi connectivity index (χ0v) is 10.2. The summed E-state index contributed by atoms with van der Waals surface area (Å²) in [5, 5.41) is 16.3. The van der Waals surface area contributed by atoms with E-state index in [1.165, 1.54) is 0 Å². The number of aromatic nitrogens is 3. The maximum atomic E-state index is 9.02. The van der Waals surface area contributed by atoms with Gasteiger partial charge in [0.15, 0.2) is 0 Å². The van der Waals surface area contributed by atoms with Crippen molar-refractivity contribution in [1.29, 1.82) is 0 Å². The minimum Gasteiger partial charge on any atom is -0.392 e. The lowest BCUT2D eigenvalue weighted by Gasteiger charge is -1.99. The van der Waals surface area contributed by atoms with Crippen molar-refractivity contribution < 1.29 is 5.11 Å². The van der Waals surface area contributed by atoms with Gasteiger partial charge < -0.3 is 5.11 Å². The highest BCUT2D eigenvalue weighted by Crippen LogP contribution is 2.23. The number of hydrogen-bond acceptors (Lipinski definition) is 3. The van der Waals surface area contributed by atoms with Crippen LogP contribution < -0.4 is 0 Å². The SMILES string of the molecule is OCc1ccc(-c2cc(-c3cccnc3)n[nH]2)cc1. The standard InChI is InChI=1S/C15H13N3O/c19-10-11-3-5-12(6-4-11)14-8-15(18-17-14)13-2-1-7-16-9-13/h1-9,19H,10H2,(H,17,18). The van der Waals surface area contributed by atoms with E-state index in [0.717, 1.165) is 28.1 Å². The molecule has 0 radical (unpaired) electrons. The monoisotopic (exact) mass is 251 g/mol. The molecule has 0 amide bonds. The summed E-state index contributed by atoms with van der Waals surface area (Å²) in [5.74, 6) is 0.